The van der Waals surface area contributed by atoms with E-state index >= 15 is 0 Å². The van der Waals surface area contributed by atoms with E-state index in [1.807, 2.05) is 6.07 Å². The number of piperidine rings is 1. The Morgan fingerprint density at radius 1 is 1.41 bits per heavy atom. The lowest BCUT2D eigenvalue weighted by Gasteiger charge is -2.34. The molecule has 5 heteroatoms. The quantitative estimate of drug-likeness (QED) is 0.902. The van der Waals surface area contributed by atoms with Gasteiger partial charge in [0, 0.05) is 18.0 Å². The van der Waals surface area contributed by atoms with Crippen LogP contribution in [0.4, 0.5) is 0 Å². The fraction of sp³-hybridized carbons (Fsp3) is 0.667. The number of fused-ring (bicyclic) bond motifs is 1. The van der Waals surface area contributed by atoms with E-state index in [2.05, 4.69) is 15.6 Å². The Kier molecular flexibility index (Phi) is 4.72. The molecular weight excluding hydrogens is 275 g/mol. The molecule has 2 aliphatic rings. The summed E-state index contributed by atoms with van der Waals surface area (Å²) in [6.07, 6.45) is 1.35. The minimum atomic E-state index is 0. The van der Waals surface area contributed by atoms with E-state index in [4.69, 9.17) is 11.6 Å². The molecule has 17 heavy (non-hydrogen) atoms. The maximum absolute atomic E-state index is 6.14. The largest absolute Gasteiger partial charge is 0.316 e. The van der Waals surface area contributed by atoms with Gasteiger partial charge in [0.15, 0.2) is 0 Å². The van der Waals surface area contributed by atoms with Gasteiger partial charge in [-0.15, -0.1) is 23.7 Å². The van der Waals surface area contributed by atoms with Crippen molar-refractivity contribution in [3.63, 3.8) is 0 Å². The average molecular weight is 293 g/mol. The van der Waals surface area contributed by atoms with Crippen molar-refractivity contribution in [1.29, 1.82) is 0 Å². The van der Waals surface area contributed by atoms with Gasteiger partial charge in [-0.1, -0.05) is 11.6 Å². The molecule has 2 fully saturated rings. The molecule has 96 valence electrons. The molecule has 2 unspecified atom stereocenters. The van der Waals surface area contributed by atoms with Crippen LogP contribution in [0, 0.1) is 11.8 Å². The average Bonchev–Trinajstić information content (AvgIpc) is 2.88. The van der Waals surface area contributed by atoms with Gasteiger partial charge in [0.25, 0.3) is 0 Å². The highest BCUT2D eigenvalue weighted by molar-refractivity contribution is 7.10. The summed E-state index contributed by atoms with van der Waals surface area (Å²) in [6.45, 7) is 5.96. The molecular formula is C12H18Cl2N2S. The third kappa shape index (κ3) is 2.96. The van der Waals surface area contributed by atoms with Crippen molar-refractivity contribution in [1.82, 2.24) is 10.2 Å². The van der Waals surface area contributed by atoms with Gasteiger partial charge in [0.1, 0.15) is 0 Å². The highest BCUT2D eigenvalue weighted by Crippen LogP contribution is 2.29. The van der Waals surface area contributed by atoms with Crippen LogP contribution in [0.5, 0.6) is 0 Å². The Labute approximate surface area is 118 Å². The number of thiophene rings is 1. The third-order valence-corrected chi connectivity index (χ3v) is 5.22. The lowest BCUT2D eigenvalue weighted by atomic mass is 9.89. The van der Waals surface area contributed by atoms with Crippen LogP contribution in [0.15, 0.2) is 11.4 Å². The minimum Gasteiger partial charge on any atom is -0.316 e. The van der Waals surface area contributed by atoms with E-state index in [9.17, 15) is 0 Å². The minimum absolute atomic E-state index is 0. The maximum atomic E-state index is 6.14. The van der Waals surface area contributed by atoms with E-state index in [1.54, 1.807) is 11.3 Å². The monoisotopic (exact) mass is 292 g/mol. The van der Waals surface area contributed by atoms with Crippen LogP contribution >= 0.6 is 35.3 Å². The highest BCUT2D eigenvalue weighted by atomic mass is 35.5. The third-order valence-electron chi connectivity index (χ3n) is 3.85. The van der Waals surface area contributed by atoms with Gasteiger partial charge in [0.2, 0.25) is 0 Å². The van der Waals surface area contributed by atoms with E-state index in [-0.39, 0.29) is 12.4 Å². The molecule has 0 aliphatic carbocycles. The Balaban J connectivity index is 0.00000108. The van der Waals surface area contributed by atoms with Crippen LogP contribution in [0.1, 0.15) is 11.3 Å². The molecule has 2 aliphatic heterocycles. The molecule has 2 nitrogen and oxygen atoms in total. The topological polar surface area (TPSA) is 15.3 Å². The van der Waals surface area contributed by atoms with Crippen molar-refractivity contribution in [2.75, 3.05) is 26.2 Å². The van der Waals surface area contributed by atoms with E-state index in [0.29, 0.717) is 0 Å². The first kappa shape index (κ1) is 13.6. The molecule has 0 spiro atoms. The second-order valence-electron chi connectivity index (χ2n) is 4.89. The summed E-state index contributed by atoms with van der Waals surface area (Å²) < 4.78 is 0. The summed E-state index contributed by atoms with van der Waals surface area (Å²) in [6, 6.07) is 2.01. The Hall–Kier alpha value is 0.200. The Morgan fingerprint density at radius 2 is 2.24 bits per heavy atom. The first-order valence-electron chi connectivity index (χ1n) is 5.98. The lowest BCUT2D eigenvalue weighted by Crippen LogP contribution is -2.39. The van der Waals surface area contributed by atoms with Crippen LogP contribution in [-0.2, 0) is 6.54 Å². The molecule has 1 N–H and O–H groups in total. The molecule has 1 aromatic heterocycles. The van der Waals surface area contributed by atoms with E-state index in [0.717, 1.165) is 23.4 Å². The maximum Gasteiger partial charge on any atom is 0.0558 e. The summed E-state index contributed by atoms with van der Waals surface area (Å²) in [5, 5.41) is 6.53. The Morgan fingerprint density at radius 3 is 3.00 bits per heavy atom. The van der Waals surface area contributed by atoms with Gasteiger partial charge in [-0.2, -0.15) is 0 Å². The van der Waals surface area contributed by atoms with Gasteiger partial charge in [-0.25, -0.2) is 0 Å². The number of hydrogen-bond acceptors (Lipinski definition) is 3. The fourth-order valence-corrected chi connectivity index (χ4v) is 4.03. The number of hydrogen-bond donors (Lipinski definition) is 1. The lowest BCUT2D eigenvalue weighted by molar-refractivity contribution is 0.143. The van der Waals surface area contributed by atoms with Crippen LogP contribution in [0.25, 0.3) is 0 Å². The van der Waals surface area contributed by atoms with Crippen molar-refractivity contribution < 1.29 is 0 Å². The number of halogens is 2. The zero-order chi connectivity index (χ0) is 11.0. The van der Waals surface area contributed by atoms with Gasteiger partial charge in [-0.3, -0.25) is 4.90 Å². The molecule has 3 rings (SSSR count). The van der Waals surface area contributed by atoms with Gasteiger partial charge >= 0.3 is 0 Å². The van der Waals surface area contributed by atoms with Crippen molar-refractivity contribution in [3.8, 4) is 0 Å². The first-order chi connectivity index (χ1) is 7.83. The molecule has 0 radical (unpaired) electrons. The smallest absolute Gasteiger partial charge is 0.0558 e. The summed E-state index contributed by atoms with van der Waals surface area (Å²) in [5.41, 5.74) is 0. The van der Waals surface area contributed by atoms with Crippen LogP contribution < -0.4 is 5.32 Å². The summed E-state index contributed by atoms with van der Waals surface area (Å²) in [5.74, 6) is 1.79. The standard InChI is InChI=1S/C12H17ClN2S.ClH/c13-11-2-4-16-12(11)8-15-3-1-9-5-14-6-10(9)7-15;/h2,4,9-10,14H,1,3,5-8H2;1H. The summed E-state index contributed by atoms with van der Waals surface area (Å²) in [7, 11) is 0. The van der Waals surface area contributed by atoms with Crippen molar-refractivity contribution >= 4 is 35.3 Å². The van der Waals surface area contributed by atoms with Crippen molar-refractivity contribution in [2.45, 2.75) is 13.0 Å². The van der Waals surface area contributed by atoms with E-state index in [1.165, 1.54) is 37.5 Å². The van der Waals surface area contributed by atoms with Crippen LogP contribution in [0.3, 0.4) is 0 Å². The van der Waals surface area contributed by atoms with Crippen LogP contribution in [0.2, 0.25) is 5.02 Å². The summed E-state index contributed by atoms with van der Waals surface area (Å²) >= 11 is 7.92. The molecule has 1 aromatic rings. The van der Waals surface area contributed by atoms with Crippen molar-refractivity contribution in [3.05, 3.63) is 21.3 Å². The highest BCUT2D eigenvalue weighted by Gasteiger charge is 2.32. The molecule has 0 bridgehead atoms. The number of nitrogens with one attached hydrogen (secondary N) is 1. The predicted octanol–water partition coefficient (Wildman–Crippen LogP) is 2.86. The first-order valence-corrected chi connectivity index (χ1v) is 7.23. The Bertz CT molecular complexity index is 369. The molecule has 2 saturated heterocycles. The normalized spacial score (nSPS) is 28.8. The fourth-order valence-electron chi connectivity index (χ4n) is 2.89. The zero-order valence-corrected chi connectivity index (χ0v) is 12.1. The van der Waals surface area contributed by atoms with E-state index < -0.39 is 0 Å². The molecule has 0 saturated carbocycles. The van der Waals surface area contributed by atoms with Gasteiger partial charge in [0.05, 0.1) is 5.02 Å². The molecule has 3 heterocycles. The predicted molar refractivity (Wildman–Crippen MR) is 76.3 cm³/mol. The number of nitrogens with zero attached hydrogens (tertiary/aromatic N) is 1. The second-order valence-corrected chi connectivity index (χ2v) is 6.30. The second kappa shape index (κ2) is 5.89. The SMILES string of the molecule is Cl.Clc1ccsc1CN1CCC2CNCC2C1. The van der Waals surface area contributed by atoms with Gasteiger partial charge < -0.3 is 5.32 Å². The van der Waals surface area contributed by atoms with Crippen LogP contribution in [-0.4, -0.2) is 31.1 Å². The zero-order valence-electron chi connectivity index (χ0n) is 9.69. The summed E-state index contributed by atoms with van der Waals surface area (Å²) in [4.78, 5) is 3.89. The number of likely N-dealkylation sites (tertiary alicyclic amines) is 1. The van der Waals surface area contributed by atoms with Crippen molar-refractivity contribution in [2.24, 2.45) is 11.8 Å². The number of rotatable bonds is 2. The molecule has 2 atom stereocenters. The molecule has 0 amide bonds. The molecule has 0 aromatic carbocycles. The van der Waals surface area contributed by atoms with Gasteiger partial charge in [-0.05, 0) is 49.3 Å².